The number of hydrogen-bond acceptors (Lipinski definition) is 3. The van der Waals surface area contributed by atoms with Crippen LogP contribution in [0, 0.1) is 6.92 Å². The van der Waals surface area contributed by atoms with Crippen LogP contribution in [0.3, 0.4) is 0 Å². The van der Waals surface area contributed by atoms with E-state index in [9.17, 15) is 9.90 Å². The monoisotopic (exact) mass is 209 g/mol. The summed E-state index contributed by atoms with van der Waals surface area (Å²) in [5.41, 5.74) is 0.867. The van der Waals surface area contributed by atoms with Crippen LogP contribution in [0.2, 0.25) is 0 Å². The number of aryl methyl sites for hydroxylation is 1. The van der Waals surface area contributed by atoms with Crippen LogP contribution in [0.4, 0.5) is 0 Å². The van der Waals surface area contributed by atoms with Crippen molar-refractivity contribution in [3.8, 4) is 0 Å². The maximum atomic E-state index is 11.9. The molecule has 1 N–H and O–H groups in total. The number of furan rings is 1. The number of nitrogens with zero attached hydrogens (tertiary/aromatic N) is 1. The van der Waals surface area contributed by atoms with Gasteiger partial charge in [-0.15, -0.1) is 0 Å². The molecule has 82 valence electrons. The van der Waals surface area contributed by atoms with Crippen LogP contribution in [0.5, 0.6) is 0 Å². The Balaban J connectivity index is 2.06. The first-order valence-electron chi connectivity index (χ1n) is 5.20. The zero-order valence-corrected chi connectivity index (χ0v) is 8.77. The molecular weight excluding hydrogens is 194 g/mol. The van der Waals surface area contributed by atoms with Crippen LogP contribution in [0.1, 0.15) is 29.0 Å². The zero-order chi connectivity index (χ0) is 10.8. The molecule has 0 aromatic carbocycles. The van der Waals surface area contributed by atoms with Crippen molar-refractivity contribution < 1.29 is 14.3 Å². The highest BCUT2D eigenvalue weighted by Crippen LogP contribution is 2.16. The van der Waals surface area contributed by atoms with Crippen LogP contribution in [-0.4, -0.2) is 35.1 Å². The lowest BCUT2D eigenvalue weighted by atomic mass is 10.1. The second-order valence-corrected chi connectivity index (χ2v) is 3.96. The molecule has 1 saturated heterocycles. The van der Waals surface area contributed by atoms with E-state index >= 15 is 0 Å². The van der Waals surface area contributed by atoms with E-state index in [0.717, 1.165) is 5.56 Å². The van der Waals surface area contributed by atoms with Gasteiger partial charge < -0.3 is 14.4 Å². The van der Waals surface area contributed by atoms with Gasteiger partial charge in [0.1, 0.15) is 0 Å². The Hall–Kier alpha value is -1.29. The maximum Gasteiger partial charge on any atom is 0.289 e. The summed E-state index contributed by atoms with van der Waals surface area (Å²) in [5.74, 6) is 0.357. The molecule has 2 rings (SSSR count). The Morgan fingerprint density at radius 1 is 1.53 bits per heavy atom. The third-order valence-electron chi connectivity index (χ3n) is 2.81. The molecule has 1 aromatic heterocycles. The standard InChI is InChI=1S/C11H15NO3/c1-8-4-7-15-10(8)11(14)12-5-2-9(13)3-6-12/h4,7,9,13H,2-3,5-6H2,1H3. The maximum absolute atomic E-state index is 11.9. The Morgan fingerprint density at radius 3 is 2.73 bits per heavy atom. The molecule has 1 aliphatic rings. The first kappa shape index (κ1) is 10.2. The number of piperidine rings is 1. The summed E-state index contributed by atoms with van der Waals surface area (Å²) in [4.78, 5) is 13.7. The van der Waals surface area contributed by atoms with E-state index < -0.39 is 0 Å². The lowest BCUT2D eigenvalue weighted by Crippen LogP contribution is -2.40. The number of carbonyl (C=O) groups is 1. The summed E-state index contributed by atoms with van der Waals surface area (Å²) in [7, 11) is 0. The van der Waals surface area contributed by atoms with Crippen LogP contribution in [0.25, 0.3) is 0 Å². The molecule has 4 heteroatoms. The van der Waals surface area contributed by atoms with Crippen LogP contribution < -0.4 is 0 Å². The molecule has 0 spiro atoms. The number of hydrogen-bond donors (Lipinski definition) is 1. The molecule has 0 unspecified atom stereocenters. The lowest BCUT2D eigenvalue weighted by molar-refractivity contribution is 0.0519. The highest BCUT2D eigenvalue weighted by molar-refractivity contribution is 5.92. The Labute approximate surface area is 88.5 Å². The highest BCUT2D eigenvalue weighted by atomic mass is 16.3. The predicted octanol–water partition coefficient (Wildman–Crippen LogP) is 1.18. The predicted molar refractivity (Wildman–Crippen MR) is 54.6 cm³/mol. The molecule has 0 bridgehead atoms. The van der Waals surface area contributed by atoms with E-state index in [1.807, 2.05) is 6.92 Å². The minimum Gasteiger partial charge on any atom is -0.459 e. The normalized spacial score (nSPS) is 18.1. The number of amides is 1. The second kappa shape index (κ2) is 4.06. The van der Waals surface area contributed by atoms with E-state index in [-0.39, 0.29) is 12.0 Å². The molecule has 4 nitrogen and oxygen atoms in total. The number of aliphatic hydroxyl groups is 1. The van der Waals surface area contributed by atoms with Crippen molar-refractivity contribution in [2.45, 2.75) is 25.9 Å². The summed E-state index contributed by atoms with van der Waals surface area (Å²) in [6, 6.07) is 1.78. The molecule has 2 heterocycles. The van der Waals surface area contributed by atoms with Gasteiger partial charge in [-0.1, -0.05) is 0 Å². The number of carbonyl (C=O) groups excluding carboxylic acids is 1. The van der Waals surface area contributed by atoms with E-state index in [1.165, 1.54) is 6.26 Å². The smallest absolute Gasteiger partial charge is 0.289 e. The molecular formula is C11H15NO3. The van der Waals surface area contributed by atoms with Gasteiger partial charge in [0.2, 0.25) is 0 Å². The van der Waals surface area contributed by atoms with Crippen molar-refractivity contribution in [3.05, 3.63) is 23.7 Å². The topological polar surface area (TPSA) is 53.7 Å². The van der Waals surface area contributed by atoms with Crippen molar-refractivity contribution >= 4 is 5.91 Å². The fraction of sp³-hybridized carbons (Fsp3) is 0.545. The van der Waals surface area contributed by atoms with Gasteiger partial charge in [0.05, 0.1) is 12.4 Å². The van der Waals surface area contributed by atoms with Gasteiger partial charge in [0.25, 0.3) is 5.91 Å². The molecule has 0 aliphatic carbocycles. The minimum absolute atomic E-state index is 0.0654. The Kier molecular flexibility index (Phi) is 2.77. The van der Waals surface area contributed by atoms with Gasteiger partial charge in [-0.3, -0.25) is 4.79 Å². The quantitative estimate of drug-likeness (QED) is 0.755. The first-order valence-corrected chi connectivity index (χ1v) is 5.20. The summed E-state index contributed by atoms with van der Waals surface area (Å²) >= 11 is 0. The first-order chi connectivity index (χ1) is 7.18. The largest absolute Gasteiger partial charge is 0.459 e. The van der Waals surface area contributed by atoms with Gasteiger partial charge in [0, 0.05) is 18.7 Å². The number of rotatable bonds is 1. The van der Waals surface area contributed by atoms with Crippen molar-refractivity contribution in [3.63, 3.8) is 0 Å². The third kappa shape index (κ3) is 2.04. The van der Waals surface area contributed by atoms with Crippen molar-refractivity contribution in [2.75, 3.05) is 13.1 Å². The van der Waals surface area contributed by atoms with Crippen molar-refractivity contribution in [1.82, 2.24) is 4.90 Å². The van der Waals surface area contributed by atoms with Crippen LogP contribution in [-0.2, 0) is 0 Å². The van der Waals surface area contributed by atoms with Crippen molar-refractivity contribution in [2.24, 2.45) is 0 Å². The SMILES string of the molecule is Cc1ccoc1C(=O)N1CCC(O)CC1. The Morgan fingerprint density at radius 2 is 2.20 bits per heavy atom. The van der Waals surface area contributed by atoms with E-state index in [0.29, 0.717) is 31.7 Å². The van der Waals surface area contributed by atoms with Crippen LogP contribution in [0.15, 0.2) is 16.7 Å². The molecule has 15 heavy (non-hydrogen) atoms. The molecule has 1 aromatic rings. The molecule has 1 aliphatic heterocycles. The van der Waals surface area contributed by atoms with Crippen molar-refractivity contribution in [1.29, 1.82) is 0 Å². The molecule has 0 saturated carbocycles. The number of aliphatic hydroxyl groups excluding tert-OH is 1. The van der Waals surface area contributed by atoms with E-state index in [4.69, 9.17) is 4.42 Å². The fourth-order valence-corrected chi connectivity index (χ4v) is 1.80. The number of likely N-dealkylation sites (tertiary alicyclic amines) is 1. The lowest BCUT2D eigenvalue weighted by Gasteiger charge is -2.29. The average Bonchev–Trinajstić information content (AvgIpc) is 2.65. The summed E-state index contributed by atoms with van der Waals surface area (Å²) in [6.45, 7) is 3.08. The molecule has 1 amide bonds. The molecule has 0 atom stereocenters. The summed E-state index contributed by atoms with van der Waals surface area (Å²) < 4.78 is 5.15. The minimum atomic E-state index is -0.258. The average molecular weight is 209 g/mol. The summed E-state index contributed by atoms with van der Waals surface area (Å²) in [6.07, 6.45) is 2.59. The molecule has 0 radical (unpaired) electrons. The van der Waals surface area contributed by atoms with E-state index in [2.05, 4.69) is 0 Å². The Bertz CT molecular complexity index is 350. The van der Waals surface area contributed by atoms with Gasteiger partial charge in [-0.2, -0.15) is 0 Å². The second-order valence-electron chi connectivity index (χ2n) is 3.96. The van der Waals surface area contributed by atoms with Gasteiger partial charge >= 0.3 is 0 Å². The zero-order valence-electron chi connectivity index (χ0n) is 8.77. The van der Waals surface area contributed by atoms with Gasteiger partial charge in [-0.25, -0.2) is 0 Å². The fourth-order valence-electron chi connectivity index (χ4n) is 1.80. The summed E-state index contributed by atoms with van der Waals surface area (Å²) in [5, 5.41) is 9.33. The van der Waals surface area contributed by atoms with E-state index in [1.54, 1.807) is 11.0 Å². The van der Waals surface area contributed by atoms with Gasteiger partial charge in [-0.05, 0) is 25.8 Å². The van der Waals surface area contributed by atoms with Gasteiger partial charge in [0.15, 0.2) is 5.76 Å². The van der Waals surface area contributed by atoms with Crippen LogP contribution >= 0.6 is 0 Å². The highest BCUT2D eigenvalue weighted by Gasteiger charge is 2.24. The molecule has 1 fully saturated rings. The third-order valence-corrected chi connectivity index (χ3v) is 2.81.